The van der Waals surface area contributed by atoms with E-state index < -0.39 is 0 Å². The summed E-state index contributed by atoms with van der Waals surface area (Å²) < 4.78 is 14.6. The van der Waals surface area contributed by atoms with E-state index in [9.17, 15) is 4.39 Å². The van der Waals surface area contributed by atoms with E-state index in [1.807, 2.05) is 12.1 Å². The summed E-state index contributed by atoms with van der Waals surface area (Å²) in [6.45, 7) is 0. The number of rotatable bonds is 2. The van der Waals surface area contributed by atoms with Crippen molar-refractivity contribution in [3.8, 4) is 0 Å². The van der Waals surface area contributed by atoms with Gasteiger partial charge in [-0.3, -0.25) is 0 Å². The maximum Gasteiger partial charge on any atom is 0.129 e. The summed E-state index contributed by atoms with van der Waals surface area (Å²) in [4.78, 5) is 0. The SMILES string of the molecule is NC(c1cc(Cl)c(Br)cc1F)C1Cc2ccccc21. The van der Waals surface area contributed by atoms with E-state index in [1.165, 1.54) is 17.2 Å². The van der Waals surface area contributed by atoms with E-state index in [0.29, 0.717) is 15.1 Å². The van der Waals surface area contributed by atoms with Gasteiger partial charge in [0, 0.05) is 22.0 Å². The fourth-order valence-corrected chi connectivity index (χ4v) is 3.12. The standard InChI is InChI=1S/C15H12BrClFN/c16-12-7-14(18)11(6-13(12)17)15(19)10-5-8-3-1-2-4-9(8)10/h1-4,6-7,10,15H,5,19H2. The van der Waals surface area contributed by atoms with Crippen LogP contribution in [0, 0.1) is 5.82 Å². The fourth-order valence-electron chi connectivity index (χ4n) is 2.63. The summed E-state index contributed by atoms with van der Waals surface area (Å²) in [6.07, 6.45) is 0.893. The van der Waals surface area contributed by atoms with Crippen LogP contribution in [0.5, 0.6) is 0 Å². The Labute approximate surface area is 124 Å². The van der Waals surface area contributed by atoms with Crippen LogP contribution >= 0.6 is 27.5 Å². The van der Waals surface area contributed by atoms with Crippen LogP contribution in [0.4, 0.5) is 4.39 Å². The molecule has 98 valence electrons. The smallest absolute Gasteiger partial charge is 0.129 e. The molecule has 2 atom stereocenters. The highest BCUT2D eigenvalue weighted by molar-refractivity contribution is 9.10. The highest BCUT2D eigenvalue weighted by Gasteiger charge is 2.32. The molecule has 3 rings (SSSR count). The molecule has 1 aliphatic rings. The third-order valence-electron chi connectivity index (χ3n) is 3.73. The lowest BCUT2D eigenvalue weighted by Gasteiger charge is -2.35. The number of halogens is 3. The van der Waals surface area contributed by atoms with Crippen molar-refractivity contribution in [1.82, 2.24) is 0 Å². The molecule has 1 nitrogen and oxygen atoms in total. The summed E-state index contributed by atoms with van der Waals surface area (Å²) in [7, 11) is 0. The molecule has 19 heavy (non-hydrogen) atoms. The van der Waals surface area contributed by atoms with Crippen LogP contribution in [-0.4, -0.2) is 0 Å². The van der Waals surface area contributed by atoms with Gasteiger partial charge in [-0.1, -0.05) is 35.9 Å². The van der Waals surface area contributed by atoms with Gasteiger partial charge in [0.2, 0.25) is 0 Å². The van der Waals surface area contributed by atoms with E-state index in [2.05, 4.69) is 28.1 Å². The summed E-state index contributed by atoms with van der Waals surface area (Å²) >= 11 is 9.24. The molecular formula is C15H12BrClFN. The predicted octanol–water partition coefficient (Wildman–Crippen LogP) is 4.58. The van der Waals surface area contributed by atoms with Crippen LogP contribution in [-0.2, 0) is 6.42 Å². The average molecular weight is 341 g/mol. The third-order valence-corrected chi connectivity index (χ3v) is 4.92. The van der Waals surface area contributed by atoms with E-state index in [1.54, 1.807) is 6.07 Å². The molecule has 0 radical (unpaired) electrons. The zero-order chi connectivity index (χ0) is 13.6. The summed E-state index contributed by atoms with van der Waals surface area (Å²) in [5, 5.41) is 0.486. The van der Waals surface area contributed by atoms with Crippen molar-refractivity contribution in [3.05, 3.63) is 68.4 Å². The first-order chi connectivity index (χ1) is 9.08. The molecule has 0 heterocycles. The van der Waals surface area contributed by atoms with E-state index in [-0.39, 0.29) is 17.8 Å². The first kappa shape index (κ1) is 13.1. The van der Waals surface area contributed by atoms with E-state index in [0.717, 1.165) is 6.42 Å². The largest absolute Gasteiger partial charge is 0.323 e. The van der Waals surface area contributed by atoms with Gasteiger partial charge < -0.3 is 5.73 Å². The molecule has 2 aromatic carbocycles. The average Bonchev–Trinajstić information content (AvgIpc) is 2.35. The monoisotopic (exact) mass is 339 g/mol. The Hall–Kier alpha value is -0.900. The predicted molar refractivity (Wildman–Crippen MR) is 78.9 cm³/mol. The zero-order valence-corrected chi connectivity index (χ0v) is 12.4. The maximum atomic E-state index is 14.0. The molecule has 0 saturated heterocycles. The zero-order valence-electron chi connectivity index (χ0n) is 10.0. The lowest BCUT2D eigenvalue weighted by Crippen LogP contribution is -2.29. The Morgan fingerprint density at radius 1 is 1.32 bits per heavy atom. The topological polar surface area (TPSA) is 26.0 Å². The van der Waals surface area contributed by atoms with Gasteiger partial charge in [0.15, 0.2) is 0 Å². The van der Waals surface area contributed by atoms with E-state index in [4.69, 9.17) is 17.3 Å². The summed E-state index contributed by atoms with van der Waals surface area (Å²) in [5.41, 5.74) is 9.21. The fraction of sp³-hybridized carbons (Fsp3) is 0.200. The first-order valence-corrected chi connectivity index (χ1v) is 7.23. The first-order valence-electron chi connectivity index (χ1n) is 6.05. The van der Waals surface area contributed by atoms with Crippen molar-refractivity contribution >= 4 is 27.5 Å². The Kier molecular flexibility index (Phi) is 3.37. The van der Waals surface area contributed by atoms with Crippen LogP contribution in [0.3, 0.4) is 0 Å². The van der Waals surface area contributed by atoms with E-state index >= 15 is 0 Å². The molecular weight excluding hydrogens is 329 g/mol. The van der Waals surface area contributed by atoms with Crippen molar-refractivity contribution < 1.29 is 4.39 Å². The summed E-state index contributed by atoms with van der Waals surface area (Å²) in [5.74, 6) is -0.143. The second-order valence-corrected chi connectivity index (χ2v) is 6.08. The molecule has 0 amide bonds. The molecule has 0 spiro atoms. The quantitative estimate of drug-likeness (QED) is 0.796. The molecule has 0 aromatic heterocycles. The highest BCUT2D eigenvalue weighted by atomic mass is 79.9. The molecule has 2 aromatic rings. The Morgan fingerprint density at radius 2 is 2.05 bits per heavy atom. The molecule has 0 bridgehead atoms. The van der Waals surface area contributed by atoms with Crippen molar-refractivity contribution in [2.75, 3.05) is 0 Å². The molecule has 2 unspecified atom stereocenters. The van der Waals surface area contributed by atoms with Crippen molar-refractivity contribution in [1.29, 1.82) is 0 Å². The van der Waals surface area contributed by atoms with Gasteiger partial charge in [0.25, 0.3) is 0 Å². The second kappa shape index (κ2) is 4.89. The molecule has 0 saturated carbocycles. The van der Waals surface area contributed by atoms with Gasteiger partial charge in [-0.15, -0.1) is 0 Å². The normalized spacial score (nSPS) is 18.6. The number of hydrogen-bond donors (Lipinski definition) is 1. The van der Waals surface area contributed by atoms with Gasteiger partial charge >= 0.3 is 0 Å². The van der Waals surface area contributed by atoms with Crippen LogP contribution in [0.15, 0.2) is 40.9 Å². The minimum Gasteiger partial charge on any atom is -0.323 e. The Morgan fingerprint density at radius 3 is 2.79 bits per heavy atom. The minimum atomic E-state index is -0.361. The van der Waals surface area contributed by atoms with Crippen LogP contribution in [0.2, 0.25) is 5.02 Å². The molecule has 1 aliphatic carbocycles. The molecule has 0 aliphatic heterocycles. The van der Waals surface area contributed by atoms with Crippen molar-refractivity contribution in [2.45, 2.75) is 18.4 Å². The molecule has 2 N–H and O–H groups in total. The second-order valence-electron chi connectivity index (χ2n) is 4.82. The number of benzene rings is 2. The van der Waals surface area contributed by atoms with Gasteiger partial charge in [0.1, 0.15) is 5.82 Å². The number of nitrogens with two attached hydrogens (primary N) is 1. The van der Waals surface area contributed by atoms with Gasteiger partial charge in [-0.25, -0.2) is 4.39 Å². The highest BCUT2D eigenvalue weighted by Crippen LogP contribution is 2.43. The van der Waals surface area contributed by atoms with Crippen molar-refractivity contribution in [2.24, 2.45) is 5.73 Å². The van der Waals surface area contributed by atoms with Crippen LogP contribution in [0.25, 0.3) is 0 Å². The van der Waals surface area contributed by atoms with Gasteiger partial charge in [-0.05, 0) is 45.6 Å². The number of hydrogen-bond acceptors (Lipinski definition) is 1. The van der Waals surface area contributed by atoms with Crippen molar-refractivity contribution in [3.63, 3.8) is 0 Å². The van der Waals surface area contributed by atoms with Crippen LogP contribution in [0.1, 0.15) is 28.7 Å². The Balaban J connectivity index is 1.94. The minimum absolute atomic E-state index is 0.169. The van der Waals surface area contributed by atoms with Crippen LogP contribution < -0.4 is 5.73 Å². The lowest BCUT2D eigenvalue weighted by atomic mass is 9.72. The third kappa shape index (κ3) is 2.20. The Bertz CT molecular complexity index is 644. The maximum absolute atomic E-state index is 14.0. The molecule has 4 heteroatoms. The summed E-state index contributed by atoms with van der Waals surface area (Å²) in [6, 6.07) is 10.8. The van der Waals surface area contributed by atoms with Gasteiger partial charge in [0.05, 0.1) is 5.02 Å². The van der Waals surface area contributed by atoms with Gasteiger partial charge in [-0.2, -0.15) is 0 Å². The number of fused-ring (bicyclic) bond motifs is 1. The lowest BCUT2D eigenvalue weighted by molar-refractivity contribution is 0.476. The molecule has 0 fully saturated rings.